The van der Waals surface area contributed by atoms with Gasteiger partial charge in [-0.25, -0.2) is 4.79 Å². The van der Waals surface area contributed by atoms with Gasteiger partial charge in [-0.2, -0.15) is 0 Å². The van der Waals surface area contributed by atoms with E-state index in [1.807, 2.05) is 48.5 Å². The van der Waals surface area contributed by atoms with E-state index in [4.69, 9.17) is 14.2 Å². The van der Waals surface area contributed by atoms with Gasteiger partial charge in [0.1, 0.15) is 23.4 Å². The van der Waals surface area contributed by atoms with Crippen molar-refractivity contribution in [3.05, 3.63) is 113 Å². The highest BCUT2D eigenvalue weighted by Gasteiger charge is 2.23. The number of esters is 1. The van der Waals surface area contributed by atoms with Gasteiger partial charge in [-0.3, -0.25) is 0 Å². The predicted octanol–water partition coefficient (Wildman–Crippen LogP) is 13.5. The molecule has 1 aliphatic rings. The minimum Gasteiger partial charge on any atom is -0.494 e. The molecule has 0 fully saturated rings. The van der Waals surface area contributed by atoms with Crippen LogP contribution in [0.1, 0.15) is 150 Å². The van der Waals surface area contributed by atoms with Crippen molar-refractivity contribution in [3.8, 4) is 28.4 Å². The number of aryl methyl sites for hydroxylation is 2. The van der Waals surface area contributed by atoms with Gasteiger partial charge < -0.3 is 14.2 Å². The van der Waals surface area contributed by atoms with E-state index in [0.29, 0.717) is 11.3 Å². The molecule has 0 saturated heterocycles. The summed E-state index contributed by atoms with van der Waals surface area (Å²) in [4.78, 5) is 13.1. The van der Waals surface area contributed by atoms with E-state index in [9.17, 15) is 4.79 Å². The zero-order valence-electron chi connectivity index (χ0n) is 31.3. The molecule has 0 spiro atoms. The standard InChI is InChI=1S/C47H60O4/c1-3-5-7-9-10-11-12-13-15-17-35-49-43-29-23-38(24-30-43)39-25-31-44(32-26-39)50-47(48)42-28-34-46-41(36-42)27-33-45(51-46)40-21-19-37(20-22-40)18-16-14-8-6-4-2/h19-26,28-32,34,36,45H,3-18,27,33,35H2,1-2H3/t45-/m0/s1. The van der Waals surface area contributed by atoms with E-state index in [2.05, 4.69) is 50.2 Å². The topological polar surface area (TPSA) is 44.8 Å². The highest BCUT2D eigenvalue weighted by molar-refractivity contribution is 5.91. The van der Waals surface area contributed by atoms with Crippen LogP contribution in [-0.4, -0.2) is 12.6 Å². The summed E-state index contributed by atoms with van der Waals surface area (Å²) in [5, 5.41) is 0. The molecule has 4 heteroatoms. The van der Waals surface area contributed by atoms with E-state index in [-0.39, 0.29) is 12.1 Å². The van der Waals surface area contributed by atoms with Crippen LogP contribution in [0.2, 0.25) is 0 Å². The fourth-order valence-electron chi connectivity index (χ4n) is 6.99. The van der Waals surface area contributed by atoms with Crippen molar-refractivity contribution >= 4 is 5.97 Å². The molecule has 4 aromatic carbocycles. The normalized spacial score (nSPS) is 13.7. The molecule has 1 aliphatic heterocycles. The average Bonchev–Trinajstić information content (AvgIpc) is 3.17. The van der Waals surface area contributed by atoms with Crippen molar-refractivity contribution in [2.24, 2.45) is 0 Å². The van der Waals surface area contributed by atoms with Crippen molar-refractivity contribution in [3.63, 3.8) is 0 Å². The Bertz CT molecular complexity index is 1570. The van der Waals surface area contributed by atoms with Gasteiger partial charge in [-0.05, 0) is 102 Å². The number of ether oxygens (including phenoxy) is 3. The highest BCUT2D eigenvalue weighted by atomic mass is 16.5. The molecular formula is C47H60O4. The van der Waals surface area contributed by atoms with Gasteiger partial charge in [0.15, 0.2) is 0 Å². The van der Waals surface area contributed by atoms with Gasteiger partial charge in [0, 0.05) is 0 Å². The maximum atomic E-state index is 13.1. The number of fused-ring (bicyclic) bond motifs is 1. The van der Waals surface area contributed by atoms with Crippen LogP contribution >= 0.6 is 0 Å². The summed E-state index contributed by atoms with van der Waals surface area (Å²) in [6, 6.07) is 30.5. The molecule has 0 N–H and O–H groups in total. The molecule has 1 heterocycles. The van der Waals surface area contributed by atoms with Gasteiger partial charge in [-0.15, -0.1) is 0 Å². The molecule has 0 saturated carbocycles. The lowest BCUT2D eigenvalue weighted by atomic mass is 9.95. The number of rotatable bonds is 22. The number of hydrogen-bond acceptors (Lipinski definition) is 4. The third-order valence-corrected chi connectivity index (χ3v) is 10.2. The smallest absolute Gasteiger partial charge is 0.343 e. The van der Waals surface area contributed by atoms with E-state index in [1.165, 1.54) is 101 Å². The fraction of sp³-hybridized carbons (Fsp3) is 0.468. The maximum absolute atomic E-state index is 13.1. The van der Waals surface area contributed by atoms with E-state index in [1.54, 1.807) is 6.07 Å². The van der Waals surface area contributed by atoms with Crippen molar-refractivity contribution < 1.29 is 19.0 Å². The van der Waals surface area contributed by atoms with Gasteiger partial charge in [0.05, 0.1) is 12.2 Å². The highest BCUT2D eigenvalue weighted by Crippen LogP contribution is 2.36. The lowest BCUT2D eigenvalue weighted by molar-refractivity contribution is 0.0734. The van der Waals surface area contributed by atoms with Crippen LogP contribution in [0.3, 0.4) is 0 Å². The molecular weight excluding hydrogens is 629 g/mol. The Kier molecular flexibility index (Phi) is 16.0. The third-order valence-electron chi connectivity index (χ3n) is 10.2. The first-order valence-corrected chi connectivity index (χ1v) is 20.1. The molecule has 272 valence electrons. The van der Waals surface area contributed by atoms with Gasteiger partial charge >= 0.3 is 5.97 Å². The van der Waals surface area contributed by atoms with Crippen molar-refractivity contribution in [2.45, 2.75) is 136 Å². The average molecular weight is 689 g/mol. The van der Waals surface area contributed by atoms with Crippen molar-refractivity contribution in [2.75, 3.05) is 6.61 Å². The molecule has 51 heavy (non-hydrogen) atoms. The van der Waals surface area contributed by atoms with Gasteiger partial charge in [0.2, 0.25) is 0 Å². The van der Waals surface area contributed by atoms with Gasteiger partial charge in [0.25, 0.3) is 0 Å². The zero-order chi connectivity index (χ0) is 35.5. The van der Waals surface area contributed by atoms with E-state index >= 15 is 0 Å². The Labute approximate surface area is 307 Å². The molecule has 0 aliphatic carbocycles. The fourth-order valence-corrected chi connectivity index (χ4v) is 6.99. The van der Waals surface area contributed by atoms with Crippen LogP contribution in [0.15, 0.2) is 91.0 Å². The summed E-state index contributed by atoms with van der Waals surface area (Å²) in [6.07, 6.45) is 22.7. The van der Waals surface area contributed by atoms with Crippen LogP contribution in [-0.2, 0) is 12.8 Å². The predicted molar refractivity (Wildman–Crippen MR) is 211 cm³/mol. The van der Waals surface area contributed by atoms with Crippen LogP contribution in [0.4, 0.5) is 0 Å². The Hall–Kier alpha value is -4.05. The first-order valence-electron chi connectivity index (χ1n) is 20.1. The van der Waals surface area contributed by atoms with Crippen LogP contribution in [0.5, 0.6) is 17.2 Å². The second-order valence-corrected chi connectivity index (χ2v) is 14.3. The summed E-state index contributed by atoms with van der Waals surface area (Å²) >= 11 is 0. The zero-order valence-corrected chi connectivity index (χ0v) is 31.3. The summed E-state index contributed by atoms with van der Waals surface area (Å²) in [7, 11) is 0. The summed E-state index contributed by atoms with van der Waals surface area (Å²) < 4.78 is 18.1. The number of carbonyl (C=O) groups excluding carboxylic acids is 1. The summed E-state index contributed by atoms with van der Waals surface area (Å²) in [6.45, 7) is 5.30. The third kappa shape index (κ3) is 12.6. The first kappa shape index (κ1) is 38.2. The molecule has 0 bridgehead atoms. The SMILES string of the molecule is CCCCCCCCCCCCOc1ccc(-c2ccc(OC(=O)c3ccc4c(c3)CC[C@@H](c3ccc(CCCCCCC)cc3)O4)cc2)cc1. The molecule has 1 atom stereocenters. The first-order chi connectivity index (χ1) is 25.1. The number of hydrogen-bond donors (Lipinski definition) is 0. The number of carbonyl (C=O) groups is 1. The largest absolute Gasteiger partial charge is 0.494 e. The molecule has 5 rings (SSSR count). The van der Waals surface area contributed by atoms with Crippen LogP contribution in [0.25, 0.3) is 11.1 Å². The second kappa shape index (κ2) is 21.3. The molecule has 0 amide bonds. The quantitative estimate of drug-likeness (QED) is 0.0468. The van der Waals surface area contributed by atoms with Gasteiger partial charge in [-0.1, -0.05) is 146 Å². The van der Waals surface area contributed by atoms with E-state index in [0.717, 1.165) is 60.5 Å². The second-order valence-electron chi connectivity index (χ2n) is 14.3. The summed E-state index contributed by atoms with van der Waals surface area (Å²) in [5.74, 6) is 1.92. The number of benzene rings is 4. The lowest BCUT2D eigenvalue weighted by Crippen LogP contribution is -2.16. The Morgan fingerprint density at radius 1 is 0.627 bits per heavy atom. The molecule has 0 unspecified atom stereocenters. The van der Waals surface area contributed by atoms with Crippen LogP contribution < -0.4 is 14.2 Å². The van der Waals surface area contributed by atoms with Crippen molar-refractivity contribution in [1.29, 1.82) is 0 Å². The molecule has 0 aromatic heterocycles. The number of unbranched alkanes of at least 4 members (excludes halogenated alkanes) is 13. The Morgan fingerprint density at radius 2 is 1.20 bits per heavy atom. The minimum absolute atomic E-state index is 0.0329. The monoisotopic (exact) mass is 688 g/mol. The van der Waals surface area contributed by atoms with Crippen molar-refractivity contribution in [1.82, 2.24) is 0 Å². The Morgan fingerprint density at radius 3 is 1.82 bits per heavy atom. The van der Waals surface area contributed by atoms with Crippen LogP contribution in [0, 0.1) is 0 Å². The summed E-state index contributed by atoms with van der Waals surface area (Å²) in [5.41, 5.74) is 6.37. The Balaban J connectivity index is 1.02. The van der Waals surface area contributed by atoms with E-state index < -0.39 is 0 Å². The lowest BCUT2D eigenvalue weighted by Gasteiger charge is -2.27. The molecule has 0 radical (unpaired) electrons. The molecule has 4 nitrogen and oxygen atoms in total. The molecule has 4 aromatic rings. The maximum Gasteiger partial charge on any atom is 0.343 e. The minimum atomic E-state index is -0.359.